The van der Waals surface area contributed by atoms with E-state index in [9.17, 15) is 45.6 Å². The summed E-state index contributed by atoms with van der Waals surface area (Å²) in [6.45, 7) is 2.73. The first kappa shape index (κ1) is 65.1. The van der Waals surface area contributed by atoms with Crippen molar-refractivity contribution in [3.8, 4) is 0 Å². The Balaban J connectivity index is 1.72. The first-order chi connectivity index (χ1) is 34.6. The van der Waals surface area contributed by atoms with E-state index in [0.29, 0.717) is 12.8 Å². The molecule has 12 unspecified atom stereocenters. The van der Waals surface area contributed by atoms with Gasteiger partial charge in [0.05, 0.1) is 32.0 Å². The van der Waals surface area contributed by atoms with Gasteiger partial charge in [-0.15, -0.1) is 0 Å². The molecule has 14 heteroatoms. The highest BCUT2D eigenvalue weighted by molar-refractivity contribution is 5.76. The molecule has 14 nitrogen and oxygen atoms in total. The summed E-state index contributed by atoms with van der Waals surface area (Å²) in [7, 11) is 0. The zero-order chi connectivity index (χ0) is 51.7. The Kier molecular flexibility index (Phi) is 39.6. The SMILES string of the molecule is CC/C=C\C/C=C\C/C=C\C/C=C\CCCCCCCCCCCCCCC(=O)NC(COC1OC(CO)C(OC2OC(CO)C(O)C(O)C2O)C(O)C1O)C(O)CCCCCCCCCCCCCC. The molecule has 0 saturated carbocycles. The summed E-state index contributed by atoms with van der Waals surface area (Å²) >= 11 is 0. The standard InChI is InChI=1S/C57H103NO13/c1-3-5-7-9-11-13-15-17-18-19-20-21-22-23-24-25-26-27-28-29-31-33-35-37-39-41-49(62)58-45(46(61)40-38-36-34-32-30-16-14-12-10-8-6-4-2)44-68-56-54(67)52(65)55(48(43-60)70-56)71-57-53(66)51(64)50(63)47(42-59)69-57/h5,7,11,13,17-18,20-21,45-48,50-57,59-61,63-67H,3-4,6,8-10,12,14-16,19,22-44H2,1-2H3,(H,58,62)/b7-5-,13-11-,18-17-,21-20-. The summed E-state index contributed by atoms with van der Waals surface area (Å²) in [5.74, 6) is -0.211. The first-order valence-electron chi connectivity index (χ1n) is 28.4. The van der Waals surface area contributed by atoms with Gasteiger partial charge in [0.2, 0.25) is 5.91 Å². The maximum atomic E-state index is 13.2. The monoisotopic (exact) mass is 1010 g/mol. The summed E-state index contributed by atoms with van der Waals surface area (Å²) in [4.78, 5) is 13.2. The number of allylic oxidation sites excluding steroid dienone is 8. The average Bonchev–Trinajstić information content (AvgIpc) is 3.37. The second-order valence-electron chi connectivity index (χ2n) is 20.0. The minimum Gasteiger partial charge on any atom is -0.394 e. The second kappa shape index (κ2) is 43.2. The molecule has 2 saturated heterocycles. The van der Waals surface area contributed by atoms with Crippen molar-refractivity contribution < 1.29 is 64.6 Å². The van der Waals surface area contributed by atoms with Crippen molar-refractivity contribution in [2.24, 2.45) is 0 Å². The van der Waals surface area contributed by atoms with Crippen molar-refractivity contribution in [2.45, 2.75) is 286 Å². The molecule has 2 fully saturated rings. The molecular formula is C57H103NO13. The van der Waals surface area contributed by atoms with Crippen LogP contribution in [0.5, 0.6) is 0 Å². The summed E-state index contributed by atoms with van der Waals surface area (Å²) in [5, 5.41) is 87.0. The van der Waals surface area contributed by atoms with Crippen molar-refractivity contribution in [1.82, 2.24) is 5.32 Å². The number of hydrogen-bond acceptors (Lipinski definition) is 13. The molecule has 414 valence electrons. The van der Waals surface area contributed by atoms with E-state index in [1.807, 2.05) is 0 Å². The van der Waals surface area contributed by atoms with Gasteiger partial charge in [0, 0.05) is 6.42 Å². The second-order valence-corrected chi connectivity index (χ2v) is 20.0. The summed E-state index contributed by atoms with van der Waals surface area (Å²) in [6, 6.07) is -0.829. The molecule has 0 aromatic rings. The van der Waals surface area contributed by atoms with Crippen LogP contribution in [0.2, 0.25) is 0 Å². The van der Waals surface area contributed by atoms with Gasteiger partial charge in [-0.3, -0.25) is 4.79 Å². The average molecular weight is 1010 g/mol. The molecule has 9 N–H and O–H groups in total. The van der Waals surface area contributed by atoms with Crippen LogP contribution in [0.3, 0.4) is 0 Å². The quantitative estimate of drug-likeness (QED) is 0.0206. The zero-order valence-electron chi connectivity index (χ0n) is 44.2. The Labute approximate surface area is 429 Å². The summed E-state index contributed by atoms with van der Waals surface area (Å²) in [6.07, 6.45) is 35.4. The van der Waals surface area contributed by atoms with Crippen LogP contribution >= 0.6 is 0 Å². The van der Waals surface area contributed by atoms with Crippen LogP contribution in [0.15, 0.2) is 48.6 Å². The van der Waals surface area contributed by atoms with Crippen LogP contribution in [-0.4, -0.2) is 140 Å². The largest absolute Gasteiger partial charge is 0.394 e. The number of unbranched alkanes of at least 4 members (excludes halogenated alkanes) is 23. The number of carbonyl (C=O) groups excluding carboxylic acids is 1. The highest BCUT2D eigenvalue weighted by Crippen LogP contribution is 2.30. The molecule has 0 bridgehead atoms. The summed E-state index contributed by atoms with van der Waals surface area (Å²) in [5.41, 5.74) is 0. The highest BCUT2D eigenvalue weighted by Gasteiger charge is 2.51. The molecule has 0 radical (unpaired) electrons. The van der Waals surface area contributed by atoms with Crippen molar-refractivity contribution in [3.63, 3.8) is 0 Å². The molecule has 2 aliphatic rings. The Morgan fingerprint density at radius 2 is 0.972 bits per heavy atom. The van der Waals surface area contributed by atoms with Crippen molar-refractivity contribution in [2.75, 3.05) is 19.8 Å². The van der Waals surface area contributed by atoms with E-state index in [1.54, 1.807) is 0 Å². The molecule has 1 amide bonds. The van der Waals surface area contributed by atoms with Crippen molar-refractivity contribution >= 4 is 5.91 Å². The number of carbonyl (C=O) groups is 1. The van der Waals surface area contributed by atoms with Crippen LogP contribution in [0.1, 0.15) is 213 Å². The maximum absolute atomic E-state index is 13.2. The lowest BCUT2D eigenvalue weighted by Crippen LogP contribution is -2.65. The van der Waals surface area contributed by atoms with Gasteiger partial charge in [-0.25, -0.2) is 0 Å². The molecule has 12 atom stereocenters. The van der Waals surface area contributed by atoms with Gasteiger partial charge in [-0.1, -0.05) is 204 Å². The predicted octanol–water partition coefficient (Wildman–Crippen LogP) is 8.83. The molecule has 0 aromatic carbocycles. The Morgan fingerprint density at radius 3 is 1.49 bits per heavy atom. The maximum Gasteiger partial charge on any atom is 0.220 e. The lowest BCUT2D eigenvalue weighted by molar-refractivity contribution is -0.359. The van der Waals surface area contributed by atoms with E-state index in [0.717, 1.165) is 83.5 Å². The third-order valence-electron chi connectivity index (χ3n) is 13.8. The van der Waals surface area contributed by atoms with Crippen molar-refractivity contribution in [3.05, 3.63) is 48.6 Å². The number of hydrogen-bond donors (Lipinski definition) is 9. The van der Waals surface area contributed by atoms with Gasteiger partial charge >= 0.3 is 0 Å². The molecule has 71 heavy (non-hydrogen) atoms. The van der Waals surface area contributed by atoms with E-state index in [2.05, 4.69) is 67.8 Å². The normalized spacial score (nSPS) is 26.1. The number of nitrogens with one attached hydrogen (secondary N) is 1. The Hall–Kier alpha value is -2.05. The molecule has 2 heterocycles. The van der Waals surface area contributed by atoms with Gasteiger partial charge in [0.1, 0.15) is 48.8 Å². The van der Waals surface area contributed by atoms with Gasteiger partial charge < -0.3 is 65.1 Å². The topological polar surface area (TPSA) is 228 Å². The Bertz CT molecular complexity index is 1380. The van der Waals surface area contributed by atoms with E-state index in [-0.39, 0.29) is 12.5 Å². The fourth-order valence-corrected chi connectivity index (χ4v) is 9.23. The third kappa shape index (κ3) is 29.6. The van der Waals surface area contributed by atoms with Crippen LogP contribution in [0.4, 0.5) is 0 Å². The molecular weight excluding hydrogens is 907 g/mol. The van der Waals surface area contributed by atoms with Crippen molar-refractivity contribution in [1.29, 1.82) is 0 Å². The van der Waals surface area contributed by atoms with Crippen LogP contribution in [-0.2, 0) is 23.7 Å². The van der Waals surface area contributed by atoms with Gasteiger partial charge in [-0.2, -0.15) is 0 Å². The third-order valence-corrected chi connectivity index (χ3v) is 13.8. The molecule has 2 rings (SSSR count). The minimum absolute atomic E-state index is 0.211. The predicted molar refractivity (Wildman–Crippen MR) is 281 cm³/mol. The van der Waals surface area contributed by atoms with Gasteiger partial charge in [-0.05, 0) is 51.4 Å². The highest BCUT2D eigenvalue weighted by atomic mass is 16.7. The lowest BCUT2D eigenvalue weighted by Gasteiger charge is -2.46. The van der Waals surface area contributed by atoms with Crippen LogP contribution in [0.25, 0.3) is 0 Å². The fourth-order valence-electron chi connectivity index (χ4n) is 9.23. The zero-order valence-corrected chi connectivity index (χ0v) is 44.2. The molecule has 2 aliphatic heterocycles. The first-order valence-corrected chi connectivity index (χ1v) is 28.4. The van der Waals surface area contributed by atoms with Gasteiger partial charge in [0.25, 0.3) is 0 Å². The molecule has 0 aliphatic carbocycles. The Morgan fingerprint density at radius 1 is 0.521 bits per heavy atom. The number of amides is 1. The molecule has 0 aromatic heterocycles. The fraction of sp³-hybridized carbons (Fsp3) is 0.842. The number of aliphatic hydroxyl groups excluding tert-OH is 8. The lowest BCUT2D eigenvalue weighted by atomic mass is 9.97. The number of rotatable bonds is 44. The number of ether oxygens (including phenoxy) is 4. The van der Waals surface area contributed by atoms with Gasteiger partial charge in [0.15, 0.2) is 12.6 Å². The van der Waals surface area contributed by atoms with Crippen LogP contribution < -0.4 is 5.32 Å². The van der Waals surface area contributed by atoms with E-state index in [1.165, 1.54) is 103 Å². The smallest absolute Gasteiger partial charge is 0.220 e. The minimum atomic E-state index is -1.78. The van der Waals surface area contributed by atoms with E-state index < -0.39 is 86.8 Å². The van der Waals surface area contributed by atoms with Crippen LogP contribution in [0, 0.1) is 0 Å². The summed E-state index contributed by atoms with van der Waals surface area (Å²) < 4.78 is 22.8. The molecule has 0 spiro atoms. The van der Waals surface area contributed by atoms with E-state index >= 15 is 0 Å². The number of aliphatic hydroxyl groups is 8. The van der Waals surface area contributed by atoms with E-state index in [4.69, 9.17) is 18.9 Å².